The van der Waals surface area contributed by atoms with Crippen LogP contribution in [0.15, 0.2) is 12.5 Å². The number of unbranched alkanes of at least 4 members (excludes halogenated alkanes) is 1. The van der Waals surface area contributed by atoms with Crippen LogP contribution in [0.4, 0.5) is 0 Å². The summed E-state index contributed by atoms with van der Waals surface area (Å²) in [5.41, 5.74) is 11.7. The normalized spacial score (nSPS) is 14.3. The molecule has 34 heavy (non-hydrogen) atoms. The molecule has 0 spiro atoms. The minimum absolute atomic E-state index is 0.108. The van der Waals surface area contributed by atoms with E-state index in [9.17, 15) is 29.1 Å². The number of carbonyl (C=O) groups is 5. The van der Waals surface area contributed by atoms with Gasteiger partial charge in [0.2, 0.25) is 17.7 Å². The van der Waals surface area contributed by atoms with Gasteiger partial charge in [-0.1, -0.05) is 6.42 Å². The summed E-state index contributed by atoms with van der Waals surface area (Å²) < 4.78 is 0. The standard InChI is InChI=1S/C19H31N7O7S/c20-4-2-1-3-11(21)16(29)24-13(6-15(27)28)18(31)25-12(5-10-7-22-9-23-10)17(30)26-14(8-34)19(32)33/h7,9,11-14,34H,1-6,8,20-21H2,(H,22,23)(H,24,29)(H,25,31)(H,26,30)(H,27,28)(H,32,33). The molecule has 0 aliphatic rings. The fourth-order valence-electron chi connectivity index (χ4n) is 2.86. The van der Waals surface area contributed by atoms with Gasteiger partial charge >= 0.3 is 11.9 Å². The molecule has 1 aromatic rings. The molecule has 4 atom stereocenters. The van der Waals surface area contributed by atoms with Gasteiger partial charge in [0.15, 0.2) is 0 Å². The number of nitrogens with one attached hydrogen (secondary N) is 4. The molecule has 4 unspecified atom stereocenters. The van der Waals surface area contributed by atoms with E-state index in [1.54, 1.807) is 0 Å². The zero-order valence-corrected chi connectivity index (χ0v) is 19.3. The quantitative estimate of drug-likeness (QED) is 0.0841. The molecule has 0 aliphatic heterocycles. The molecule has 0 saturated carbocycles. The van der Waals surface area contributed by atoms with E-state index in [1.165, 1.54) is 12.5 Å². The lowest BCUT2D eigenvalue weighted by molar-refractivity contribution is -0.142. The summed E-state index contributed by atoms with van der Waals surface area (Å²) in [6.45, 7) is 0.425. The van der Waals surface area contributed by atoms with Gasteiger partial charge in [-0.2, -0.15) is 12.6 Å². The Morgan fingerprint density at radius 3 is 2.15 bits per heavy atom. The maximum absolute atomic E-state index is 12.8. The summed E-state index contributed by atoms with van der Waals surface area (Å²) in [4.78, 5) is 67.0. The fourth-order valence-corrected chi connectivity index (χ4v) is 3.11. The number of imidazole rings is 1. The van der Waals surface area contributed by atoms with E-state index in [0.29, 0.717) is 25.1 Å². The highest BCUT2D eigenvalue weighted by Gasteiger charge is 2.31. The van der Waals surface area contributed by atoms with Crippen molar-refractivity contribution in [3.8, 4) is 0 Å². The first kappa shape index (κ1) is 28.9. The van der Waals surface area contributed by atoms with Crippen molar-refractivity contribution in [3.63, 3.8) is 0 Å². The van der Waals surface area contributed by atoms with E-state index in [1.807, 2.05) is 0 Å². The van der Waals surface area contributed by atoms with Gasteiger partial charge in [-0.05, 0) is 19.4 Å². The molecule has 0 aromatic carbocycles. The molecule has 0 bridgehead atoms. The van der Waals surface area contributed by atoms with Gasteiger partial charge in [0.05, 0.1) is 18.8 Å². The van der Waals surface area contributed by atoms with Crippen LogP contribution in [-0.4, -0.2) is 86.3 Å². The molecule has 1 aromatic heterocycles. The van der Waals surface area contributed by atoms with Gasteiger partial charge in [-0.3, -0.25) is 19.2 Å². The molecule has 0 radical (unpaired) electrons. The van der Waals surface area contributed by atoms with Crippen LogP contribution in [0.3, 0.4) is 0 Å². The Bertz CT molecular complexity index is 837. The van der Waals surface area contributed by atoms with Crippen LogP contribution in [0.25, 0.3) is 0 Å². The van der Waals surface area contributed by atoms with E-state index in [0.717, 1.165) is 0 Å². The second-order valence-electron chi connectivity index (χ2n) is 7.47. The van der Waals surface area contributed by atoms with E-state index in [-0.39, 0.29) is 18.6 Å². The number of rotatable bonds is 16. The summed E-state index contributed by atoms with van der Waals surface area (Å²) in [5, 5.41) is 25.3. The first-order chi connectivity index (χ1) is 16.1. The number of nitrogens with zero attached hydrogens (tertiary/aromatic N) is 1. The minimum atomic E-state index is -1.53. The average molecular weight is 502 g/mol. The van der Waals surface area contributed by atoms with Gasteiger partial charge in [-0.15, -0.1) is 0 Å². The summed E-state index contributed by atoms with van der Waals surface area (Å²) in [7, 11) is 0. The highest BCUT2D eigenvalue weighted by molar-refractivity contribution is 7.80. The largest absolute Gasteiger partial charge is 0.481 e. The molecule has 1 heterocycles. The number of aliphatic carboxylic acids is 2. The lowest BCUT2D eigenvalue weighted by Crippen LogP contribution is -2.58. The number of aromatic nitrogens is 2. The number of thiol groups is 1. The van der Waals surface area contributed by atoms with Crippen molar-refractivity contribution in [3.05, 3.63) is 18.2 Å². The lowest BCUT2D eigenvalue weighted by atomic mass is 10.1. The van der Waals surface area contributed by atoms with Crippen LogP contribution in [0, 0.1) is 0 Å². The second kappa shape index (κ2) is 14.9. The monoisotopic (exact) mass is 501 g/mol. The number of carboxylic acid groups (broad SMARTS) is 2. The van der Waals surface area contributed by atoms with E-state index in [4.69, 9.17) is 16.6 Å². The molecule has 0 aliphatic carbocycles. The first-order valence-electron chi connectivity index (χ1n) is 10.5. The Hall–Kier alpha value is -3.17. The zero-order valence-electron chi connectivity index (χ0n) is 18.4. The SMILES string of the molecule is NCCCCC(N)C(=O)NC(CC(=O)O)C(=O)NC(Cc1cnc[nH]1)C(=O)NC(CS)C(=O)O. The molecule has 0 fully saturated rings. The van der Waals surface area contributed by atoms with Crippen LogP contribution in [0.1, 0.15) is 31.4 Å². The molecule has 15 heteroatoms. The number of carbonyl (C=O) groups excluding carboxylic acids is 3. The lowest BCUT2D eigenvalue weighted by Gasteiger charge is -2.24. The number of amides is 3. The third-order valence-electron chi connectivity index (χ3n) is 4.73. The van der Waals surface area contributed by atoms with E-state index >= 15 is 0 Å². The Morgan fingerprint density at radius 2 is 1.62 bits per heavy atom. The van der Waals surface area contributed by atoms with Crippen molar-refractivity contribution in [1.29, 1.82) is 0 Å². The molecule has 0 saturated heterocycles. The van der Waals surface area contributed by atoms with Gasteiger partial charge in [0.1, 0.15) is 18.1 Å². The Balaban J connectivity index is 2.97. The molecule has 1 rings (SSSR count). The summed E-state index contributed by atoms with van der Waals surface area (Å²) in [6, 6.07) is -5.13. The number of carboxylic acids is 2. The Labute approximate surface area is 201 Å². The van der Waals surface area contributed by atoms with Gasteiger partial charge in [0.25, 0.3) is 0 Å². The van der Waals surface area contributed by atoms with Crippen molar-refractivity contribution in [2.24, 2.45) is 11.5 Å². The summed E-state index contributed by atoms with van der Waals surface area (Å²) in [5.74, 6) is -5.42. The molecule has 3 amide bonds. The van der Waals surface area contributed by atoms with Crippen LogP contribution in [-0.2, 0) is 30.4 Å². The van der Waals surface area contributed by atoms with Crippen molar-refractivity contribution in [2.75, 3.05) is 12.3 Å². The zero-order chi connectivity index (χ0) is 25.7. The second-order valence-corrected chi connectivity index (χ2v) is 7.84. The fraction of sp³-hybridized carbons (Fsp3) is 0.579. The van der Waals surface area contributed by atoms with Crippen LogP contribution in [0.2, 0.25) is 0 Å². The number of aromatic amines is 1. The molecular weight excluding hydrogens is 470 g/mol. The van der Waals surface area contributed by atoms with Crippen LogP contribution < -0.4 is 27.4 Å². The predicted octanol–water partition coefficient (Wildman–Crippen LogP) is -2.65. The smallest absolute Gasteiger partial charge is 0.327 e. The van der Waals surface area contributed by atoms with E-state index in [2.05, 4.69) is 38.5 Å². The minimum Gasteiger partial charge on any atom is -0.481 e. The number of H-pyrrole nitrogens is 1. The third kappa shape index (κ3) is 10.2. The van der Waals surface area contributed by atoms with Crippen LogP contribution >= 0.6 is 12.6 Å². The average Bonchev–Trinajstić information content (AvgIpc) is 3.28. The number of nitrogens with two attached hydrogens (primary N) is 2. The number of hydrogen-bond donors (Lipinski definition) is 9. The highest BCUT2D eigenvalue weighted by Crippen LogP contribution is 2.04. The Morgan fingerprint density at radius 1 is 1.00 bits per heavy atom. The van der Waals surface area contributed by atoms with Crippen molar-refractivity contribution >= 4 is 42.3 Å². The highest BCUT2D eigenvalue weighted by atomic mass is 32.1. The first-order valence-corrected chi connectivity index (χ1v) is 11.1. The summed E-state index contributed by atoms with van der Waals surface area (Å²) in [6.07, 6.45) is 3.38. The van der Waals surface area contributed by atoms with Gasteiger partial charge in [0, 0.05) is 24.1 Å². The topological polar surface area (TPSA) is 243 Å². The van der Waals surface area contributed by atoms with Gasteiger partial charge in [-0.25, -0.2) is 9.78 Å². The van der Waals surface area contributed by atoms with Crippen molar-refractivity contribution in [1.82, 2.24) is 25.9 Å². The molecule has 14 nitrogen and oxygen atoms in total. The third-order valence-corrected chi connectivity index (χ3v) is 5.09. The van der Waals surface area contributed by atoms with E-state index < -0.39 is 60.2 Å². The van der Waals surface area contributed by atoms with Gasteiger partial charge < -0.3 is 42.6 Å². The summed E-state index contributed by atoms with van der Waals surface area (Å²) >= 11 is 3.88. The molecule has 190 valence electrons. The Kier molecular flexibility index (Phi) is 12.6. The molecule has 10 N–H and O–H groups in total. The number of hydrogen-bond acceptors (Lipinski definition) is 9. The van der Waals surface area contributed by atoms with Crippen molar-refractivity contribution in [2.45, 2.75) is 56.3 Å². The molecular formula is C19H31N7O7S. The predicted molar refractivity (Wildman–Crippen MR) is 123 cm³/mol. The van der Waals surface area contributed by atoms with Crippen LogP contribution in [0.5, 0.6) is 0 Å². The van der Waals surface area contributed by atoms with Crippen molar-refractivity contribution < 1.29 is 34.2 Å². The maximum atomic E-state index is 12.8. The maximum Gasteiger partial charge on any atom is 0.327 e.